The molecule has 0 aromatic carbocycles. The Hall–Kier alpha value is -1.76. The lowest BCUT2D eigenvalue weighted by atomic mass is 10.1. The first-order chi connectivity index (χ1) is 8.46. The summed E-state index contributed by atoms with van der Waals surface area (Å²) < 4.78 is 9.34. The van der Waals surface area contributed by atoms with Gasteiger partial charge in [-0.15, -0.1) is 0 Å². The summed E-state index contributed by atoms with van der Waals surface area (Å²) in [6.45, 7) is 1.53. The zero-order chi connectivity index (χ0) is 14.1. The number of nitrogens with one attached hydrogen (secondary N) is 2. The first-order valence-corrected chi connectivity index (χ1v) is 5.40. The maximum atomic E-state index is 11.5. The molecule has 102 valence electrons. The number of methoxy groups -OCH3 is 2. The molecule has 2 N–H and O–H groups in total. The molecular formula is C11H18N2O5. The van der Waals surface area contributed by atoms with Crippen LogP contribution in [0.3, 0.4) is 0 Å². The van der Waals surface area contributed by atoms with Gasteiger partial charge < -0.3 is 20.2 Å². The molecule has 0 aliphatic heterocycles. The molecule has 0 aliphatic carbocycles. The van der Waals surface area contributed by atoms with E-state index in [2.05, 4.69) is 10.1 Å². The van der Waals surface area contributed by atoms with E-state index in [1.54, 1.807) is 0 Å². The average molecular weight is 258 g/mol. The molecule has 0 saturated heterocycles. The van der Waals surface area contributed by atoms with Crippen LogP contribution in [-0.4, -0.2) is 50.2 Å². The van der Waals surface area contributed by atoms with E-state index in [9.17, 15) is 14.4 Å². The standard InChI is InChI=1S/C11H18N2O5/c1-7(17-2)10(15)13-9(11(16)18-3)5-4-8(14)6-12/h6-7,9,12H,4-5H2,1-3H3,(H,13,15)/t7-,9-/m0/s1. The molecule has 0 aromatic heterocycles. The minimum atomic E-state index is -0.913. The molecule has 0 heterocycles. The predicted molar refractivity (Wildman–Crippen MR) is 63.4 cm³/mol. The smallest absolute Gasteiger partial charge is 0.328 e. The van der Waals surface area contributed by atoms with Gasteiger partial charge in [-0.05, 0) is 13.3 Å². The third-order valence-electron chi connectivity index (χ3n) is 2.37. The Morgan fingerprint density at radius 2 is 1.94 bits per heavy atom. The van der Waals surface area contributed by atoms with Crippen LogP contribution in [-0.2, 0) is 23.9 Å². The number of hydrogen-bond acceptors (Lipinski definition) is 6. The average Bonchev–Trinajstić information content (AvgIpc) is 2.40. The Morgan fingerprint density at radius 3 is 2.39 bits per heavy atom. The largest absolute Gasteiger partial charge is 0.467 e. The van der Waals surface area contributed by atoms with Crippen LogP contribution in [0.15, 0.2) is 0 Å². The second-order valence-corrected chi connectivity index (χ2v) is 3.61. The third-order valence-corrected chi connectivity index (χ3v) is 2.37. The molecule has 0 radical (unpaired) electrons. The first-order valence-electron chi connectivity index (χ1n) is 5.40. The minimum absolute atomic E-state index is 0.00902. The molecular weight excluding hydrogens is 240 g/mol. The number of Topliss-reactive ketones (excluding diaryl/α,β-unsaturated/α-hetero) is 1. The lowest BCUT2D eigenvalue weighted by Gasteiger charge is -2.18. The van der Waals surface area contributed by atoms with Gasteiger partial charge in [-0.3, -0.25) is 9.59 Å². The van der Waals surface area contributed by atoms with Crippen molar-refractivity contribution < 1.29 is 23.9 Å². The van der Waals surface area contributed by atoms with Crippen molar-refractivity contribution in [3.63, 3.8) is 0 Å². The molecule has 1 amide bonds. The van der Waals surface area contributed by atoms with Crippen molar-refractivity contribution in [2.24, 2.45) is 0 Å². The number of ketones is 1. The van der Waals surface area contributed by atoms with Crippen molar-refractivity contribution in [2.45, 2.75) is 31.9 Å². The van der Waals surface area contributed by atoms with Crippen molar-refractivity contribution in [1.82, 2.24) is 5.32 Å². The van der Waals surface area contributed by atoms with Gasteiger partial charge in [-0.25, -0.2) is 4.79 Å². The van der Waals surface area contributed by atoms with Crippen LogP contribution in [0, 0.1) is 5.41 Å². The maximum absolute atomic E-state index is 11.5. The number of esters is 1. The summed E-state index contributed by atoms with van der Waals surface area (Å²) >= 11 is 0. The van der Waals surface area contributed by atoms with Crippen LogP contribution in [0.1, 0.15) is 19.8 Å². The highest BCUT2D eigenvalue weighted by atomic mass is 16.5. The highest BCUT2D eigenvalue weighted by molar-refractivity contribution is 6.26. The molecule has 0 aliphatic rings. The highest BCUT2D eigenvalue weighted by Crippen LogP contribution is 2.01. The number of rotatable bonds is 8. The van der Waals surface area contributed by atoms with Gasteiger partial charge in [0.1, 0.15) is 12.1 Å². The number of amides is 1. The quantitative estimate of drug-likeness (QED) is 0.458. The van der Waals surface area contributed by atoms with Crippen LogP contribution >= 0.6 is 0 Å². The van der Waals surface area contributed by atoms with Crippen LogP contribution < -0.4 is 5.32 Å². The number of hydrogen-bond donors (Lipinski definition) is 2. The van der Waals surface area contributed by atoms with E-state index < -0.39 is 29.8 Å². The van der Waals surface area contributed by atoms with E-state index in [-0.39, 0.29) is 12.8 Å². The highest BCUT2D eigenvalue weighted by Gasteiger charge is 2.24. The molecule has 0 unspecified atom stereocenters. The van der Waals surface area contributed by atoms with E-state index in [0.717, 1.165) is 0 Å². The minimum Gasteiger partial charge on any atom is -0.467 e. The Labute approximate surface area is 105 Å². The van der Waals surface area contributed by atoms with E-state index in [0.29, 0.717) is 6.21 Å². The second-order valence-electron chi connectivity index (χ2n) is 3.61. The maximum Gasteiger partial charge on any atom is 0.328 e. The number of carbonyl (C=O) groups is 3. The van der Waals surface area contributed by atoms with Crippen molar-refractivity contribution in [1.29, 1.82) is 5.41 Å². The molecule has 0 bridgehead atoms. The Balaban J connectivity index is 4.49. The van der Waals surface area contributed by atoms with Crippen LogP contribution in [0.2, 0.25) is 0 Å². The normalized spacial score (nSPS) is 13.3. The molecule has 2 atom stereocenters. The Kier molecular flexibility index (Phi) is 7.53. The zero-order valence-corrected chi connectivity index (χ0v) is 10.7. The lowest BCUT2D eigenvalue weighted by molar-refractivity contribution is -0.146. The van der Waals surface area contributed by atoms with Gasteiger partial charge in [0.2, 0.25) is 5.91 Å². The first kappa shape index (κ1) is 16.2. The monoisotopic (exact) mass is 258 g/mol. The van der Waals surface area contributed by atoms with Crippen molar-refractivity contribution in [3.8, 4) is 0 Å². The molecule has 0 aromatic rings. The summed E-state index contributed by atoms with van der Waals surface area (Å²) in [5, 5.41) is 9.18. The van der Waals surface area contributed by atoms with Crippen molar-refractivity contribution in [3.05, 3.63) is 0 Å². The topological polar surface area (TPSA) is 106 Å². The van der Waals surface area contributed by atoms with Crippen molar-refractivity contribution in [2.75, 3.05) is 14.2 Å². The van der Waals surface area contributed by atoms with Gasteiger partial charge in [0.25, 0.3) is 0 Å². The molecule has 0 saturated carbocycles. The van der Waals surface area contributed by atoms with Crippen molar-refractivity contribution >= 4 is 23.9 Å². The second kappa shape index (κ2) is 8.35. The van der Waals surface area contributed by atoms with Crippen LogP contribution in [0.4, 0.5) is 0 Å². The summed E-state index contributed by atoms with van der Waals surface area (Å²) in [6, 6.07) is -0.913. The van der Waals surface area contributed by atoms with Gasteiger partial charge in [0.15, 0.2) is 5.78 Å². The zero-order valence-electron chi connectivity index (χ0n) is 10.7. The molecule has 0 fully saturated rings. The lowest BCUT2D eigenvalue weighted by Crippen LogP contribution is -2.45. The van der Waals surface area contributed by atoms with Gasteiger partial charge in [-0.1, -0.05) is 0 Å². The third kappa shape index (κ3) is 5.53. The molecule has 7 heteroatoms. The summed E-state index contributed by atoms with van der Waals surface area (Å²) in [6.07, 6.45) is 0.0534. The van der Waals surface area contributed by atoms with Gasteiger partial charge in [0.05, 0.1) is 13.3 Å². The fourth-order valence-corrected chi connectivity index (χ4v) is 1.15. The number of ether oxygens (including phenoxy) is 2. The number of carbonyl (C=O) groups excluding carboxylic acids is 3. The van der Waals surface area contributed by atoms with E-state index >= 15 is 0 Å². The fraction of sp³-hybridized carbons (Fsp3) is 0.636. The fourth-order valence-electron chi connectivity index (χ4n) is 1.15. The summed E-state index contributed by atoms with van der Waals surface area (Å²) in [5.74, 6) is -1.52. The Bertz CT molecular complexity index is 329. The van der Waals surface area contributed by atoms with Crippen LogP contribution in [0.5, 0.6) is 0 Å². The summed E-state index contributed by atoms with van der Waals surface area (Å²) in [5.41, 5.74) is 0. The SMILES string of the molecule is COC(=O)[C@H](CCC(=O)C=N)NC(=O)[C@H](C)OC. The van der Waals surface area contributed by atoms with E-state index in [1.807, 2.05) is 0 Å². The van der Waals surface area contributed by atoms with E-state index in [1.165, 1.54) is 21.1 Å². The molecule has 0 rings (SSSR count). The molecule has 0 spiro atoms. The van der Waals surface area contributed by atoms with Gasteiger partial charge in [0, 0.05) is 13.5 Å². The summed E-state index contributed by atoms with van der Waals surface area (Å²) in [4.78, 5) is 33.9. The predicted octanol–water partition coefficient (Wildman–Crippen LogP) is -0.322. The summed E-state index contributed by atoms with van der Waals surface area (Å²) in [7, 11) is 2.57. The van der Waals surface area contributed by atoms with Gasteiger partial charge >= 0.3 is 5.97 Å². The molecule has 18 heavy (non-hydrogen) atoms. The van der Waals surface area contributed by atoms with E-state index in [4.69, 9.17) is 10.1 Å². The Morgan fingerprint density at radius 1 is 1.33 bits per heavy atom. The van der Waals surface area contributed by atoms with Gasteiger partial charge in [-0.2, -0.15) is 0 Å². The van der Waals surface area contributed by atoms with Crippen LogP contribution in [0.25, 0.3) is 0 Å². The molecule has 7 nitrogen and oxygen atoms in total.